The van der Waals surface area contributed by atoms with Gasteiger partial charge in [-0.05, 0) is 42.3 Å². The first kappa shape index (κ1) is 18.1. The smallest absolute Gasteiger partial charge is 0.345 e. The Kier molecular flexibility index (Phi) is 5.97. The molecule has 3 aromatic carbocycles. The second-order valence-corrected chi connectivity index (χ2v) is 7.05. The molecule has 0 aromatic heterocycles. The first-order chi connectivity index (χ1) is 12.6. The molecule has 0 unspecified atom stereocenters. The third-order valence-corrected chi connectivity index (χ3v) is 5.11. The second kappa shape index (κ2) is 8.59. The predicted octanol–water partition coefficient (Wildman–Crippen LogP) is 5.22. The molecule has 0 saturated heterocycles. The van der Waals surface area contributed by atoms with Crippen LogP contribution in [0.3, 0.4) is 0 Å². The van der Waals surface area contributed by atoms with Crippen molar-refractivity contribution in [2.45, 2.75) is 29.2 Å². The lowest BCUT2D eigenvalue weighted by Crippen LogP contribution is -2.29. The van der Waals surface area contributed by atoms with Gasteiger partial charge in [-0.15, -0.1) is 0 Å². The van der Waals surface area contributed by atoms with Crippen LogP contribution in [0.1, 0.15) is 11.1 Å². The Balaban J connectivity index is 1.81. The van der Waals surface area contributed by atoms with Gasteiger partial charge < -0.3 is 9.84 Å². The van der Waals surface area contributed by atoms with E-state index in [1.54, 1.807) is 17.8 Å². The maximum absolute atomic E-state index is 11.8. The molecule has 0 aliphatic carbocycles. The van der Waals surface area contributed by atoms with Crippen molar-refractivity contribution in [3.63, 3.8) is 0 Å². The summed E-state index contributed by atoms with van der Waals surface area (Å²) in [6, 6.07) is 25.4. The molecule has 0 aliphatic heterocycles. The summed E-state index contributed by atoms with van der Waals surface area (Å²) in [6.45, 7) is 1.91. The Bertz CT molecular complexity index is 877. The Morgan fingerprint density at radius 1 is 0.962 bits per heavy atom. The standard InChI is InChI=1S/C22H20O3S/c1-16-9-5-7-13-19(16)25-20(22(23)24)15-17-10-6-8-14-21(17)26-18-11-3-2-4-12-18/h2-14,20H,15H2,1H3,(H,23,24)/t20-/m1/s1. The van der Waals surface area contributed by atoms with E-state index in [1.807, 2.05) is 79.7 Å². The molecule has 26 heavy (non-hydrogen) atoms. The number of hydrogen-bond donors (Lipinski definition) is 1. The molecule has 3 aromatic rings. The molecule has 0 radical (unpaired) electrons. The summed E-state index contributed by atoms with van der Waals surface area (Å²) < 4.78 is 5.81. The van der Waals surface area contributed by atoms with Gasteiger partial charge in [-0.3, -0.25) is 0 Å². The lowest BCUT2D eigenvalue weighted by atomic mass is 10.1. The monoisotopic (exact) mass is 364 g/mol. The molecule has 1 atom stereocenters. The number of carbonyl (C=O) groups is 1. The van der Waals surface area contributed by atoms with Crippen LogP contribution in [0.4, 0.5) is 0 Å². The van der Waals surface area contributed by atoms with E-state index in [4.69, 9.17) is 4.74 Å². The van der Waals surface area contributed by atoms with Crippen LogP contribution < -0.4 is 4.74 Å². The quantitative estimate of drug-likeness (QED) is 0.624. The van der Waals surface area contributed by atoms with Gasteiger partial charge in [-0.1, -0.05) is 66.4 Å². The van der Waals surface area contributed by atoms with Gasteiger partial charge in [0.1, 0.15) is 5.75 Å². The van der Waals surface area contributed by atoms with Gasteiger partial charge in [0, 0.05) is 16.2 Å². The summed E-state index contributed by atoms with van der Waals surface area (Å²) in [5.41, 5.74) is 1.88. The molecule has 1 N–H and O–H groups in total. The molecule has 4 heteroatoms. The van der Waals surface area contributed by atoms with Gasteiger partial charge in [-0.25, -0.2) is 4.79 Å². The minimum atomic E-state index is -0.965. The number of ether oxygens (including phenoxy) is 1. The average Bonchev–Trinajstić information content (AvgIpc) is 2.65. The highest BCUT2D eigenvalue weighted by Crippen LogP contribution is 2.31. The molecular formula is C22H20O3S. The van der Waals surface area contributed by atoms with Crippen molar-refractivity contribution in [3.05, 3.63) is 90.0 Å². The SMILES string of the molecule is Cc1ccccc1O[C@H](Cc1ccccc1Sc1ccccc1)C(=O)O. The molecule has 0 aliphatic rings. The summed E-state index contributed by atoms with van der Waals surface area (Å²) >= 11 is 1.63. The molecule has 0 spiro atoms. The van der Waals surface area contributed by atoms with E-state index in [-0.39, 0.29) is 0 Å². The van der Waals surface area contributed by atoms with Crippen molar-refractivity contribution in [1.29, 1.82) is 0 Å². The van der Waals surface area contributed by atoms with Gasteiger partial charge >= 0.3 is 5.97 Å². The zero-order chi connectivity index (χ0) is 18.4. The fourth-order valence-electron chi connectivity index (χ4n) is 2.61. The summed E-state index contributed by atoms with van der Waals surface area (Å²) in [7, 11) is 0. The lowest BCUT2D eigenvalue weighted by molar-refractivity contribution is -0.145. The zero-order valence-corrected chi connectivity index (χ0v) is 15.3. The third-order valence-electron chi connectivity index (χ3n) is 3.99. The van der Waals surface area contributed by atoms with Crippen LogP contribution in [0.25, 0.3) is 0 Å². The van der Waals surface area contributed by atoms with Crippen LogP contribution in [0.5, 0.6) is 5.75 Å². The topological polar surface area (TPSA) is 46.5 Å². The fraction of sp³-hybridized carbons (Fsp3) is 0.136. The Morgan fingerprint density at radius 2 is 1.62 bits per heavy atom. The van der Waals surface area contributed by atoms with Crippen LogP contribution in [-0.4, -0.2) is 17.2 Å². The van der Waals surface area contributed by atoms with Crippen molar-refractivity contribution in [1.82, 2.24) is 0 Å². The predicted molar refractivity (Wildman–Crippen MR) is 104 cm³/mol. The molecule has 3 rings (SSSR count). The van der Waals surface area contributed by atoms with E-state index in [1.165, 1.54) is 0 Å². The van der Waals surface area contributed by atoms with E-state index >= 15 is 0 Å². The molecule has 0 bridgehead atoms. The second-order valence-electron chi connectivity index (χ2n) is 5.94. The molecule has 0 heterocycles. The number of aryl methyl sites for hydroxylation is 1. The number of hydrogen-bond acceptors (Lipinski definition) is 3. The number of para-hydroxylation sites is 1. The average molecular weight is 364 g/mol. The maximum Gasteiger partial charge on any atom is 0.345 e. The van der Waals surface area contributed by atoms with Crippen molar-refractivity contribution < 1.29 is 14.6 Å². The van der Waals surface area contributed by atoms with E-state index in [2.05, 4.69) is 0 Å². The molecule has 0 saturated carbocycles. The van der Waals surface area contributed by atoms with Crippen LogP contribution in [0.15, 0.2) is 88.7 Å². The van der Waals surface area contributed by atoms with Gasteiger partial charge in [0.15, 0.2) is 6.10 Å². The Morgan fingerprint density at radius 3 is 2.35 bits per heavy atom. The summed E-state index contributed by atoms with van der Waals surface area (Å²) in [5, 5.41) is 9.64. The number of benzene rings is 3. The highest BCUT2D eigenvalue weighted by atomic mass is 32.2. The van der Waals surface area contributed by atoms with Crippen molar-refractivity contribution in [2.24, 2.45) is 0 Å². The van der Waals surface area contributed by atoms with Crippen LogP contribution in [-0.2, 0) is 11.2 Å². The zero-order valence-electron chi connectivity index (χ0n) is 14.5. The number of rotatable bonds is 7. The van der Waals surface area contributed by atoms with Gasteiger partial charge in [0.25, 0.3) is 0 Å². The van der Waals surface area contributed by atoms with Crippen molar-refractivity contribution in [3.8, 4) is 5.75 Å². The van der Waals surface area contributed by atoms with E-state index < -0.39 is 12.1 Å². The number of aliphatic carboxylic acids is 1. The molecule has 0 amide bonds. The molecule has 132 valence electrons. The Labute approximate surface area is 157 Å². The first-order valence-corrected chi connectivity index (χ1v) is 9.21. The van der Waals surface area contributed by atoms with E-state index in [9.17, 15) is 9.90 Å². The van der Waals surface area contributed by atoms with E-state index in [0.29, 0.717) is 12.2 Å². The number of carboxylic acids is 1. The molecular weight excluding hydrogens is 344 g/mol. The normalized spacial score (nSPS) is 11.7. The highest BCUT2D eigenvalue weighted by molar-refractivity contribution is 7.99. The van der Waals surface area contributed by atoms with Crippen LogP contribution in [0.2, 0.25) is 0 Å². The van der Waals surface area contributed by atoms with E-state index in [0.717, 1.165) is 20.9 Å². The third kappa shape index (κ3) is 4.67. The maximum atomic E-state index is 11.8. The summed E-state index contributed by atoms with van der Waals surface area (Å²) in [4.78, 5) is 13.9. The number of carboxylic acid groups (broad SMARTS) is 1. The molecule has 3 nitrogen and oxygen atoms in total. The minimum Gasteiger partial charge on any atom is -0.478 e. The highest BCUT2D eigenvalue weighted by Gasteiger charge is 2.22. The largest absolute Gasteiger partial charge is 0.478 e. The Hall–Kier alpha value is -2.72. The van der Waals surface area contributed by atoms with Crippen molar-refractivity contribution >= 4 is 17.7 Å². The first-order valence-electron chi connectivity index (χ1n) is 8.39. The lowest BCUT2D eigenvalue weighted by Gasteiger charge is -2.18. The van der Waals surface area contributed by atoms with Crippen LogP contribution >= 0.6 is 11.8 Å². The summed E-state index contributed by atoms with van der Waals surface area (Å²) in [5.74, 6) is -0.360. The minimum absolute atomic E-state index is 0.305. The molecule has 0 fully saturated rings. The van der Waals surface area contributed by atoms with Crippen molar-refractivity contribution in [2.75, 3.05) is 0 Å². The van der Waals surface area contributed by atoms with Gasteiger partial charge in [0.05, 0.1) is 0 Å². The van der Waals surface area contributed by atoms with Gasteiger partial charge in [0.2, 0.25) is 0 Å². The van der Waals surface area contributed by atoms with Gasteiger partial charge in [-0.2, -0.15) is 0 Å². The van der Waals surface area contributed by atoms with Crippen LogP contribution in [0, 0.1) is 6.92 Å². The summed E-state index contributed by atoms with van der Waals surface area (Å²) in [6.07, 6.45) is -0.631. The fourth-order valence-corrected chi connectivity index (χ4v) is 3.58.